The van der Waals surface area contributed by atoms with Crippen LogP contribution in [-0.2, 0) is 5.41 Å². The maximum Gasteiger partial charge on any atom is 0.123 e. The Balaban J connectivity index is 1.93. The molecule has 2 aromatic carbocycles. The zero-order valence-electron chi connectivity index (χ0n) is 10.4. The molecular formula is C17H16F. The molecule has 1 saturated carbocycles. The summed E-state index contributed by atoms with van der Waals surface area (Å²) < 4.78 is 13.0. The van der Waals surface area contributed by atoms with Crippen LogP contribution in [0.2, 0.25) is 0 Å². The van der Waals surface area contributed by atoms with Crippen LogP contribution in [-0.4, -0.2) is 0 Å². The largest absolute Gasteiger partial charge is 0.207 e. The van der Waals surface area contributed by atoms with Crippen molar-refractivity contribution in [2.24, 2.45) is 0 Å². The highest BCUT2D eigenvalue weighted by Crippen LogP contribution is 2.61. The van der Waals surface area contributed by atoms with Crippen LogP contribution in [0.5, 0.6) is 0 Å². The highest BCUT2D eigenvalue weighted by Gasteiger charge is 2.54. The lowest BCUT2D eigenvalue weighted by atomic mass is 9.88. The van der Waals surface area contributed by atoms with E-state index in [1.807, 2.05) is 18.2 Å². The maximum atomic E-state index is 13.0. The number of hydrogen-bond acceptors (Lipinski definition) is 0. The van der Waals surface area contributed by atoms with Crippen molar-refractivity contribution in [2.45, 2.75) is 24.7 Å². The fourth-order valence-corrected chi connectivity index (χ4v) is 2.94. The molecule has 0 heterocycles. The molecule has 0 nitrogen and oxygen atoms in total. The third-order valence-corrected chi connectivity index (χ3v) is 4.10. The van der Waals surface area contributed by atoms with E-state index in [-0.39, 0.29) is 11.2 Å². The van der Waals surface area contributed by atoms with E-state index in [1.165, 1.54) is 11.1 Å². The van der Waals surface area contributed by atoms with E-state index in [4.69, 9.17) is 0 Å². The van der Waals surface area contributed by atoms with Gasteiger partial charge in [-0.25, -0.2) is 4.39 Å². The second-order valence-electron chi connectivity index (χ2n) is 5.00. The van der Waals surface area contributed by atoms with Crippen molar-refractivity contribution in [3.8, 4) is 0 Å². The van der Waals surface area contributed by atoms with Crippen LogP contribution in [0.4, 0.5) is 4.39 Å². The standard InChI is InChI=1S/C17H16F/c1-2-17(14-8-10-15(18)11-9-14)12-16(17)13-6-4-3-5-7-13/h2-11,16H,12H2,1H3. The van der Waals surface area contributed by atoms with Crippen molar-refractivity contribution in [1.29, 1.82) is 0 Å². The van der Waals surface area contributed by atoms with Crippen LogP contribution >= 0.6 is 0 Å². The fourth-order valence-electron chi connectivity index (χ4n) is 2.94. The summed E-state index contributed by atoms with van der Waals surface area (Å²) in [4.78, 5) is 0. The lowest BCUT2D eigenvalue weighted by molar-refractivity contribution is 0.625. The van der Waals surface area contributed by atoms with Gasteiger partial charge in [-0.2, -0.15) is 0 Å². The molecule has 2 atom stereocenters. The quantitative estimate of drug-likeness (QED) is 0.741. The molecule has 0 saturated heterocycles. The molecule has 91 valence electrons. The Hall–Kier alpha value is -1.63. The summed E-state index contributed by atoms with van der Waals surface area (Å²) in [6.45, 7) is 2.10. The van der Waals surface area contributed by atoms with Gasteiger partial charge in [0.1, 0.15) is 5.82 Å². The first-order valence-corrected chi connectivity index (χ1v) is 6.38. The number of rotatable bonds is 3. The Morgan fingerprint density at radius 1 is 1.06 bits per heavy atom. The molecule has 18 heavy (non-hydrogen) atoms. The van der Waals surface area contributed by atoms with Gasteiger partial charge in [-0.05, 0) is 42.0 Å². The summed E-state index contributed by atoms with van der Waals surface area (Å²) in [6, 6.07) is 17.5. The highest BCUT2D eigenvalue weighted by atomic mass is 19.1. The molecule has 0 amide bonds. The van der Waals surface area contributed by atoms with Gasteiger partial charge >= 0.3 is 0 Å². The minimum Gasteiger partial charge on any atom is -0.207 e. The molecule has 2 aromatic rings. The Morgan fingerprint density at radius 3 is 2.33 bits per heavy atom. The Labute approximate surface area is 107 Å². The first kappa shape index (κ1) is 11.5. The second-order valence-corrected chi connectivity index (χ2v) is 5.00. The monoisotopic (exact) mass is 239 g/mol. The topological polar surface area (TPSA) is 0 Å². The normalized spacial score (nSPS) is 26.0. The van der Waals surface area contributed by atoms with Crippen molar-refractivity contribution in [3.63, 3.8) is 0 Å². The molecular weight excluding hydrogens is 223 g/mol. The first-order valence-electron chi connectivity index (χ1n) is 6.38. The average Bonchev–Trinajstić information content (AvgIpc) is 3.17. The maximum absolute atomic E-state index is 13.0. The molecule has 3 rings (SSSR count). The average molecular weight is 239 g/mol. The zero-order chi connectivity index (χ0) is 12.6. The molecule has 0 aromatic heterocycles. The third kappa shape index (κ3) is 1.74. The van der Waals surface area contributed by atoms with Gasteiger partial charge in [0.25, 0.3) is 0 Å². The van der Waals surface area contributed by atoms with Crippen LogP contribution in [0.3, 0.4) is 0 Å². The second kappa shape index (κ2) is 4.24. The molecule has 0 spiro atoms. The van der Waals surface area contributed by atoms with E-state index in [0.29, 0.717) is 5.92 Å². The summed E-state index contributed by atoms with van der Waals surface area (Å²) in [5.74, 6) is 0.371. The molecule has 1 radical (unpaired) electrons. The smallest absolute Gasteiger partial charge is 0.123 e. The van der Waals surface area contributed by atoms with Crippen molar-refractivity contribution >= 4 is 0 Å². The summed E-state index contributed by atoms with van der Waals surface area (Å²) in [6.07, 6.45) is 3.39. The van der Waals surface area contributed by atoms with Crippen LogP contribution in [0.1, 0.15) is 30.4 Å². The minimum atomic E-state index is -0.165. The fraction of sp³-hybridized carbons (Fsp3) is 0.235. The predicted molar refractivity (Wildman–Crippen MR) is 71.9 cm³/mol. The molecule has 0 aliphatic heterocycles. The van der Waals surface area contributed by atoms with Crippen molar-refractivity contribution in [2.75, 3.05) is 0 Å². The van der Waals surface area contributed by atoms with E-state index < -0.39 is 0 Å². The number of hydrogen-bond donors (Lipinski definition) is 0. The molecule has 2 unspecified atom stereocenters. The van der Waals surface area contributed by atoms with Gasteiger partial charge in [-0.15, -0.1) is 0 Å². The molecule has 1 aliphatic carbocycles. The lowest BCUT2D eigenvalue weighted by Gasteiger charge is -2.15. The van der Waals surface area contributed by atoms with Gasteiger partial charge in [0.2, 0.25) is 0 Å². The van der Waals surface area contributed by atoms with Crippen molar-refractivity contribution in [1.82, 2.24) is 0 Å². The molecule has 0 bridgehead atoms. The van der Waals surface area contributed by atoms with Gasteiger partial charge in [0.05, 0.1) is 0 Å². The Morgan fingerprint density at radius 2 is 1.72 bits per heavy atom. The molecule has 1 aliphatic rings. The van der Waals surface area contributed by atoms with Crippen LogP contribution < -0.4 is 0 Å². The first-order chi connectivity index (χ1) is 8.76. The molecule has 1 heteroatoms. The van der Waals surface area contributed by atoms with Gasteiger partial charge in [-0.1, -0.05) is 49.4 Å². The van der Waals surface area contributed by atoms with E-state index in [9.17, 15) is 4.39 Å². The zero-order valence-corrected chi connectivity index (χ0v) is 10.4. The predicted octanol–water partition coefficient (Wildman–Crippen LogP) is 4.48. The summed E-state index contributed by atoms with van der Waals surface area (Å²) in [5.41, 5.74) is 2.70. The van der Waals surface area contributed by atoms with Crippen LogP contribution in [0.25, 0.3) is 0 Å². The Kier molecular flexibility index (Phi) is 2.70. The third-order valence-electron chi connectivity index (χ3n) is 4.10. The van der Waals surface area contributed by atoms with Crippen LogP contribution in [0, 0.1) is 12.2 Å². The van der Waals surface area contributed by atoms with Crippen molar-refractivity contribution in [3.05, 3.63) is 78.0 Å². The van der Waals surface area contributed by atoms with Gasteiger partial charge in [-0.3, -0.25) is 0 Å². The van der Waals surface area contributed by atoms with Gasteiger partial charge < -0.3 is 0 Å². The molecule has 0 N–H and O–H groups in total. The van der Waals surface area contributed by atoms with Crippen LogP contribution in [0.15, 0.2) is 54.6 Å². The molecule has 1 fully saturated rings. The SMILES string of the molecule is C[CH]C1(c2ccc(F)cc2)CC1c1ccccc1. The highest BCUT2D eigenvalue weighted by molar-refractivity contribution is 5.46. The minimum absolute atomic E-state index is 0.106. The van der Waals surface area contributed by atoms with E-state index in [2.05, 4.69) is 37.6 Å². The lowest BCUT2D eigenvalue weighted by Crippen LogP contribution is -2.08. The van der Waals surface area contributed by atoms with Gasteiger partial charge in [0, 0.05) is 5.41 Å². The van der Waals surface area contributed by atoms with Crippen molar-refractivity contribution < 1.29 is 4.39 Å². The summed E-state index contributed by atoms with van der Waals surface area (Å²) in [5, 5.41) is 0. The van der Waals surface area contributed by atoms with E-state index in [0.717, 1.165) is 6.42 Å². The summed E-state index contributed by atoms with van der Waals surface area (Å²) in [7, 11) is 0. The summed E-state index contributed by atoms with van der Waals surface area (Å²) >= 11 is 0. The van der Waals surface area contributed by atoms with Gasteiger partial charge in [0.15, 0.2) is 0 Å². The van der Waals surface area contributed by atoms with E-state index in [1.54, 1.807) is 12.1 Å². The number of benzene rings is 2. The van der Waals surface area contributed by atoms with E-state index >= 15 is 0 Å². The number of halogens is 1. The Bertz CT molecular complexity index is 529.